The van der Waals surface area contributed by atoms with Gasteiger partial charge in [-0.2, -0.15) is 0 Å². The van der Waals surface area contributed by atoms with Crippen molar-refractivity contribution in [2.45, 2.75) is 51.4 Å². The molecule has 0 unspecified atom stereocenters. The van der Waals surface area contributed by atoms with Crippen molar-refractivity contribution >= 4 is 11.9 Å². The number of ether oxygens (including phenoxy) is 1. The van der Waals surface area contributed by atoms with E-state index in [2.05, 4.69) is 5.32 Å². The first kappa shape index (κ1) is 15.8. The topological polar surface area (TPSA) is 81.4 Å². The van der Waals surface area contributed by atoms with Crippen LogP contribution in [0.5, 0.6) is 0 Å². The molecule has 0 spiro atoms. The normalized spacial score (nSPS) is 16.0. The van der Waals surface area contributed by atoms with Gasteiger partial charge in [-0.1, -0.05) is 0 Å². The Morgan fingerprint density at radius 1 is 1.18 bits per heavy atom. The fourth-order valence-electron chi connectivity index (χ4n) is 1.16. The molecule has 1 amide bonds. The van der Waals surface area contributed by atoms with E-state index < -0.39 is 28.7 Å². The third kappa shape index (κ3) is 3.39. The van der Waals surface area contributed by atoms with Crippen LogP contribution in [0, 0.1) is 0 Å². The van der Waals surface area contributed by atoms with Crippen molar-refractivity contribution in [2.75, 3.05) is 7.05 Å². The van der Waals surface area contributed by atoms with E-state index in [1.54, 1.807) is 20.8 Å². The quantitative estimate of drug-likeness (QED) is 0.563. The molecule has 0 saturated heterocycles. The minimum atomic E-state index is -2.37. The molecule has 17 heavy (non-hydrogen) atoms. The number of rotatable bonds is 3. The highest BCUT2D eigenvalue weighted by Crippen LogP contribution is 2.27. The number of hydrogen-bond acceptors (Lipinski definition) is 4. The minimum Gasteiger partial charge on any atom is -0.458 e. The molecular weight excluding hydrogens is 227 g/mol. The molecular formula is C11H21FN2O3. The highest BCUT2D eigenvalue weighted by atomic mass is 19.1. The maximum atomic E-state index is 14.0. The van der Waals surface area contributed by atoms with Crippen molar-refractivity contribution in [3.05, 3.63) is 0 Å². The van der Waals surface area contributed by atoms with Crippen LogP contribution in [0.3, 0.4) is 0 Å². The van der Waals surface area contributed by atoms with E-state index >= 15 is 0 Å². The van der Waals surface area contributed by atoms with E-state index in [0.717, 1.165) is 13.8 Å². The Bertz CT molecular complexity index is 318. The molecule has 0 aromatic rings. The molecule has 0 rings (SSSR count). The Morgan fingerprint density at radius 3 is 1.82 bits per heavy atom. The standard InChI is InChI=1S/C11H21FN2O3/c1-9(2,3)17-8(16)11(13,7(15)14-6)10(4,5)12/h13H2,1-6H3,(H,14,15)/t11-/m0/s1. The summed E-state index contributed by atoms with van der Waals surface area (Å²) in [6.07, 6.45) is 0. The fraction of sp³-hybridized carbons (Fsp3) is 0.818. The van der Waals surface area contributed by atoms with Crippen LogP contribution in [-0.2, 0) is 14.3 Å². The predicted octanol–water partition coefficient (Wildman–Crippen LogP) is 0.520. The number of halogens is 1. The van der Waals surface area contributed by atoms with Crippen molar-refractivity contribution in [3.63, 3.8) is 0 Å². The summed E-state index contributed by atoms with van der Waals surface area (Å²) in [6, 6.07) is 0. The highest BCUT2D eigenvalue weighted by molar-refractivity contribution is 6.08. The first-order valence-corrected chi connectivity index (χ1v) is 5.29. The molecule has 100 valence electrons. The van der Waals surface area contributed by atoms with Gasteiger partial charge in [-0.3, -0.25) is 4.79 Å². The Labute approximate surface area is 101 Å². The van der Waals surface area contributed by atoms with Crippen molar-refractivity contribution in [1.29, 1.82) is 0 Å². The van der Waals surface area contributed by atoms with Gasteiger partial charge in [0.1, 0.15) is 11.3 Å². The lowest BCUT2D eigenvalue weighted by Gasteiger charge is -2.36. The Morgan fingerprint density at radius 2 is 1.59 bits per heavy atom. The van der Waals surface area contributed by atoms with Gasteiger partial charge in [0.25, 0.3) is 5.91 Å². The average Bonchev–Trinajstić information content (AvgIpc) is 2.10. The summed E-state index contributed by atoms with van der Waals surface area (Å²) in [7, 11) is 1.28. The number of likely N-dealkylation sites (N-methyl/N-ethyl adjacent to an activating group) is 1. The first-order chi connectivity index (χ1) is 7.36. The van der Waals surface area contributed by atoms with Crippen LogP contribution in [0.2, 0.25) is 0 Å². The number of nitrogens with two attached hydrogens (primary N) is 1. The van der Waals surface area contributed by atoms with Crippen LogP contribution < -0.4 is 11.1 Å². The average molecular weight is 248 g/mol. The second-order valence-electron chi connectivity index (χ2n) is 5.36. The van der Waals surface area contributed by atoms with E-state index in [-0.39, 0.29) is 0 Å². The summed E-state index contributed by atoms with van der Waals surface area (Å²) in [6.45, 7) is 6.96. The molecule has 0 aliphatic carbocycles. The molecule has 0 bridgehead atoms. The van der Waals surface area contributed by atoms with E-state index in [0.29, 0.717) is 0 Å². The SMILES string of the molecule is CNC(=O)[C@](N)(C(=O)OC(C)(C)C)C(C)(C)F. The number of carbonyl (C=O) groups excluding carboxylic acids is 2. The maximum Gasteiger partial charge on any atom is 0.339 e. The summed E-state index contributed by atoms with van der Waals surface area (Å²) < 4.78 is 19.0. The molecule has 1 atom stereocenters. The van der Waals surface area contributed by atoms with Crippen molar-refractivity contribution < 1.29 is 18.7 Å². The van der Waals surface area contributed by atoms with E-state index in [1.165, 1.54) is 7.05 Å². The Balaban J connectivity index is 5.37. The van der Waals surface area contributed by atoms with Gasteiger partial charge in [0.2, 0.25) is 5.54 Å². The fourth-order valence-corrected chi connectivity index (χ4v) is 1.16. The number of esters is 1. The molecule has 0 aliphatic heterocycles. The summed E-state index contributed by atoms with van der Waals surface area (Å²) in [5.74, 6) is -2.00. The largest absolute Gasteiger partial charge is 0.458 e. The van der Waals surface area contributed by atoms with E-state index in [1.807, 2.05) is 0 Å². The van der Waals surface area contributed by atoms with Gasteiger partial charge in [-0.05, 0) is 34.6 Å². The second-order valence-corrected chi connectivity index (χ2v) is 5.36. The van der Waals surface area contributed by atoms with Gasteiger partial charge in [0.05, 0.1) is 0 Å². The van der Waals surface area contributed by atoms with Crippen LogP contribution >= 0.6 is 0 Å². The van der Waals surface area contributed by atoms with E-state index in [4.69, 9.17) is 10.5 Å². The van der Waals surface area contributed by atoms with Crippen LogP contribution in [0.25, 0.3) is 0 Å². The third-order valence-electron chi connectivity index (χ3n) is 2.24. The monoisotopic (exact) mass is 248 g/mol. The zero-order chi connectivity index (χ0) is 14.1. The van der Waals surface area contributed by atoms with Gasteiger partial charge < -0.3 is 15.8 Å². The van der Waals surface area contributed by atoms with Gasteiger partial charge in [-0.25, -0.2) is 9.18 Å². The summed E-state index contributed by atoms with van der Waals surface area (Å²) in [5.41, 5.74) is 0.165. The van der Waals surface area contributed by atoms with Crippen molar-refractivity contribution in [3.8, 4) is 0 Å². The molecule has 3 N–H and O–H groups in total. The smallest absolute Gasteiger partial charge is 0.339 e. The van der Waals surface area contributed by atoms with Crippen LogP contribution in [0.15, 0.2) is 0 Å². The van der Waals surface area contributed by atoms with Gasteiger partial charge in [0, 0.05) is 7.05 Å². The van der Waals surface area contributed by atoms with Crippen molar-refractivity contribution in [2.24, 2.45) is 5.73 Å². The van der Waals surface area contributed by atoms with Crippen molar-refractivity contribution in [1.82, 2.24) is 5.32 Å². The lowest BCUT2D eigenvalue weighted by atomic mass is 9.83. The number of amides is 1. The maximum absolute atomic E-state index is 14.0. The molecule has 0 radical (unpaired) electrons. The van der Waals surface area contributed by atoms with Gasteiger partial charge in [-0.15, -0.1) is 0 Å². The van der Waals surface area contributed by atoms with Crippen LogP contribution in [0.4, 0.5) is 4.39 Å². The lowest BCUT2D eigenvalue weighted by molar-refractivity contribution is -0.170. The Hall–Kier alpha value is -1.17. The molecule has 5 nitrogen and oxygen atoms in total. The third-order valence-corrected chi connectivity index (χ3v) is 2.24. The lowest BCUT2D eigenvalue weighted by Crippen LogP contribution is -2.70. The molecule has 0 aliphatic rings. The molecule has 0 aromatic heterocycles. The Kier molecular flexibility index (Phi) is 4.28. The number of alkyl halides is 1. The zero-order valence-electron chi connectivity index (χ0n) is 11.2. The first-order valence-electron chi connectivity index (χ1n) is 5.29. The number of hydrogen-bond donors (Lipinski definition) is 2. The van der Waals surface area contributed by atoms with Crippen LogP contribution in [-0.4, -0.2) is 35.7 Å². The van der Waals surface area contributed by atoms with Gasteiger partial charge >= 0.3 is 5.97 Å². The molecule has 0 saturated carbocycles. The number of nitrogens with one attached hydrogen (secondary N) is 1. The van der Waals surface area contributed by atoms with Gasteiger partial charge in [0.15, 0.2) is 0 Å². The highest BCUT2D eigenvalue weighted by Gasteiger charge is 2.57. The molecule has 0 heterocycles. The minimum absolute atomic E-state index is 0.846. The zero-order valence-corrected chi connectivity index (χ0v) is 11.2. The molecule has 6 heteroatoms. The molecule has 0 aromatic carbocycles. The number of carbonyl (C=O) groups is 2. The van der Waals surface area contributed by atoms with Crippen LogP contribution in [0.1, 0.15) is 34.6 Å². The summed E-state index contributed by atoms with van der Waals surface area (Å²) >= 11 is 0. The van der Waals surface area contributed by atoms with E-state index in [9.17, 15) is 14.0 Å². The second kappa shape index (κ2) is 4.60. The summed E-state index contributed by atoms with van der Waals surface area (Å²) in [5, 5.41) is 2.17. The summed E-state index contributed by atoms with van der Waals surface area (Å²) in [4.78, 5) is 23.5. The predicted molar refractivity (Wildman–Crippen MR) is 62.0 cm³/mol. The molecule has 0 fully saturated rings.